The number of Topliss-reactive ketones (excluding diaryl/α,β-unsaturated/α-hetero) is 1. The van der Waals surface area contributed by atoms with E-state index < -0.39 is 11.8 Å². The average Bonchev–Trinajstić information content (AvgIpc) is 2.87. The molecule has 5 heteroatoms. The summed E-state index contributed by atoms with van der Waals surface area (Å²) in [5.41, 5.74) is 4.19. The molecule has 2 atom stereocenters. The van der Waals surface area contributed by atoms with Crippen molar-refractivity contribution in [3.05, 3.63) is 140 Å². The highest BCUT2D eigenvalue weighted by Gasteiger charge is 2.32. The van der Waals surface area contributed by atoms with Crippen LogP contribution in [0.1, 0.15) is 45.2 Å². The molecule has 0 fully saturated rings. The predicted octanol–water partition coefficient (Wildman–Crippen LogP) is 7.27. The van der Waals surface area contributed by atoms with Crippen LogP contribution in [0.15, 0.2) is 97.1 Å². The van der Waals surface area contributed by atoms with Gasteiger partial charge in [-0.05, 0) is 70.8 Å². The largest absolute Gasteiger partial charge is 0.298 e. The molecule has 0 aliphatic heterocycles. The maximum Gasteiger partial charge on any atom is 0.156 e. The van der Waals surface area contributed by atoms with Crippen molar-refractivity contribution in [2.75, 3.05) is 0 Å². The van der Waals surface area contributed by atoms with Gasteiger partial charge in [-0.1, -0.05) is 71.7 Å². The first-order valence-corrected chi connectivity index (χ1v) is 11.3. The van der Waals surface area contributed by atoms with Crippen molar-refractivity contribution in [3.63, 3.8) is 0 Å². The first kappa shape index (κ1) is 23.3. The Bertz CT molecular complexity index is 1270. The van der Waals surface area contributed by atoms with Crippen LogP contribution in [-0.4, -0.2) is 5.78 Å². The van der Waals surface area contributed by atoms with Crippen LogP contribution in [0.5, 0.6) is 0 Å². The zero-order chi connectivity index (χ0) is 24.1. The number of ketones is 1. The number of hydrogen-bond donors (Lipinski definition) is 0. The summed E-state index contributed by atoms with van der Waals surface area (Å²) in [6.45, 7) is 0. The highest BCUT2D eigenvalue weighted by Crippen LogP contribution is 2.37. The molecule has 0 radical (unpaired) electrons. The molecule has 0 N–H and O–H groups in total. The van der Waals surface area contributed by atoms with Gasteiger partial charge in [-0.3, -0.25) is 4.79 Å². The van der Waals surface area contributed by atoms with E-state index in [1.807, 2.05) is 48.5 Å². The predicted molar refractivity (Wildman–Crippen MR) is 134 cm³/mol. The van der Waals surface area contributed by atoms with Crippen LogP contribution in [-0.2, 0) is 4.79 Å². The highest BCUT2D eigenvalue weighted by molar-refractivity contribution is 6.30. The quantitative estimate of drug-likeness (QED) is 0.291. The molecule has 4 rings (SSSR count). The lowest BCUT2D eigenvalue weighted by atomic mass is 9.77. The van der Waals surface area contributed by atoms with Crippen molar-refractivity contribution >= 4 is 29.0 Å². The number of nitriles is 2. The fourth-order valence-corrected chi connectivity index (χ4v) is 4.27. The Labute approximate surface area is 208 Å². The van der Waals surface area contributed by atoms with Crippen molar-refractivity contribution in [1.82, 2.24) is 0 Å². The molecule has 0 spiro atoms. The molecule has 0 heterocycles. The molecule has 3 nitrogen and oxygen atoms in total. The second-order valence-electron chi connectivity index (χ2n) is 7.84. The van der Waals surface area contributed by atoms with Gasteiger partial charge in [0.25, 0.3) is 0 Å². The zero-order valence-electron chi connectivity index (χ0n) is 18.0. The molecule has 4 aromatic carbocycles. The minimum Gasteiger partial charge on any atom is -0.298 e. The molecule has 0 aliphatic carbocycles. The molecule has 0 saturated heterocycles. The summed E-state index contributed by atoms with van der Waals surface area (Å²) in [6, 6.07) is 32.8. The van der Waals surface area contributed by atoms with E-state index >= 15 is 0 Å². The summed E-state index contributed by atoms with van der Waals surface area (Å²) in [4.78, 5) is 14.3. The van der Waals surface area contributed by atoms with Crippen LogP contribution in [0.2, 0.25) is 10.0 Å². The molecule has 0 amide bonds. The number of halogens is 2. The van der Waals surface area contributed by atoms with E-state index in [4.69, 9.17) is 23.2 Å². The number of nitrogens with zero attached hydrogens (tertiary/aromatic N) is 2. The summed E-state index contributed by atoms with van der Waals surface area (Å²) < 4.78 is 0. The lowest BCUT2D eigenvalue weighted by Crippen LogP contribution is -2.23. The maximum absolute atomic E-state index is 14.3. The Kier molecular flexibility index (Phi) is 7.09. The molecule has 0 aromatic heterocycles. The molecule has 2 unspecified atom stereocenters. The first-order chi connectivity index (χ1) is 16.5. The van der Waals surface area contributed by atoms with Crippen molar-refractivity contribution in [2.24, 2.45) is 0 Å². The lowest BCUT2D eigenvalue weighted by Gasteiger charge is -2.24. The van der Waals surface area contributed by atoms with Gasteiger partial charge in [0.05, 0.1) is 35.1 Å². The molecule has 34 heavy (non-hydrogen) atoms. The number of benzene rings is 4. The number of carbonyl (C=O) groups is 1. The van der Waals surface area contributed by atoms with Crippen molar-refractivity contribution in [1.29, 1.82) is 10.5 Å². The number of rotatable bonds is 6. The average molecular weight is 481 g/mol. The second-order valence-corrected chi connectivity index (χ2v) is 8.71. The molecule has 0 bridgehead atoms. The Morgan fingerprint density at radius 1 is 0.529 bits per heavy atom. The van der Waals surface area contributed by atoms with Gasteiger partial charge in [-0.2, -0.15) is 10.5 Å². The lowest BCUT2D eigenvalue weighted by molar-refractivity contribution is -0.120. The Hall–Kier alpha value is -3.89. The van der Waals surface area contributed by atoms with Crippen LogP contribution in [0, 0.1) is 22.7 Å². The van der Waals surface area contributed by atoms with E-state index in [1.165, 1.54) is 0 Å². The van der Waals surface area contributed by atoms with Gasteiger partial charge in [-0.25, -0.2) is 0 Å². The van der Waals surface area contributed by atoms with Gasteiger partial charge in [0.2, 0.25) is 0 Å². The van der Waals surface area contributed by atoms with Crippen LogP contribution >= 0.6 is 23.2 Å². The van der Waals surface area contributed by atoms with Gasteiger partial charge in [-0.15, -0.1) is 0 Å². The summed E-state index contributed by atoms with van der Waals surface area (Å²) in [7, 11) is 0. The van der Waals surface area contributed by atoms with E-state index in [-0.39, 0.29) is 5.78 Å². The van der Waals surface area contributed by atoms with Gasteiger partial charge in [0.15, 0.2) is 5.78 Å². The molecule has 0 saturated carbocycles. The number of carbonyl (C=O) groups excluding carboxylic acids is 1. The maximum atomic E-state index is 14.3. The minimum absolute atomic E-state index is 0.0425. The van der Waals surface area contributed by atoms with Gasteiger partial charge in [0, 0.05) is 10.0 Å². The monoisotopic (exact) mass is 480 g/mol. The van der Waals surface area contributed by atoms with E-state index in [0.717, 1.165) is 22.3 Å². The highest BCUT2D eigenvalue weighted by atomic mass is 35.5. The van der Waals surface area contributed by atoms with Crippen LogP contribution in [0.3, 0.4) is 0 Å². The molecule has 164 valence electrons. The molecule has 4 aromatic rings. The Morgan fingerprint density at radius 3 is 1.06 bits per heavy atom. The van der Waals surface area contributed by atoms with Crippen LogP contribution in [0.25, 0.3) is 0 Å². The third-order valence-electron chi connectivity index (χ3n) is 5.72. The fourth-order valence-electron chi connectivity index (χ4n) is 4.02. The van der Waals surface area contributed by atoms with Crippen LogP contribution in [0.4, 0.5) is 0 Å². The SMILES string of the molecule is N#Cc1ccc(C(C(=O)C(c2ccc(Cl)cc2)c2ccc(C#N)cc2)c2ccc(Cl)cc2)cc1. The molecule has 0 aliphatic rings. The van der Waals surface area contributed by atoms with Gasteiger partial charge in [0.1, 0.15) is 0 Å². The molecular formula is C29H18Cl2N2O. The third-order valence-corrected chi connectivity index (χ3v) is 6.23. The number of hydrogen-bond acceptors (Lipinski definition) is 3. The van der Waals surface area contributed by atoms with Crippen molar-refractivity contribution in [3.8, 4) is 12.1 Å². The summed E-state index contributed by atoms with van der Waals surface area (Å²) in [6.07, 6.45) is 0. The topological polar surface area (TPSA) is 64.7 Å². The summed E-state index contributed by atoms with van der Waals surface area (Å²) >= 11 is 12.2. The first-order valence-electron chi connectivity index (χ1n) is 10.5. The summed E-state index contributed by atoms with van der Waals surface area (Å²) in [5, 5.41) is 19.6. The second kappa shape index (κ2) is 10.4. The van der Waals surface area contributed by atoms with E-state index in [2.05, 4.69) is 12.1 Å². The Morgan fingerprint density at radius 2 is 0.794 bits per heavy atom. The zero-order valence-corrected chi connectivity index (χ0v) is 19.5. The molecular weight excluding hydrogens is 463 g/mol. The van der Waals surface area contributed by atoms with Crippen molar-refractivity contribution in [2.45, 2.75) is 11.8 Å². The minimum atomic E-state index is -0.596. The standard InChI is InChI=1S/C29H18Cl2N2O/c30-25-13-9-23(10-14-25)27(21-5-1-19(17-32)2-6-21)29(34)28(24-11-15-26(31)16-12-24)22-7-3-20(18-33)4-8-22/h1-16,27-28H. The van der Waals surface area contributed by atoms with E-state index in [9.17, 15) is 15.3 Å². The van der Waals surface area contributed by atoms with Gasteiger partial charge < -0.3 is 0 Å². The Balaban J connectivity index is 1.87. The fraction of sp³-hybridized carbons (Fsp3) is 0.0690. The summed E-state index contributed by atoms with van der Waals surface area (Å²) in [5.74, 6) is -1.23. The third kappa shape index (κ3) is 5.03. The smallest absolute Gasteiger partial charge is 0.156 e. The van der Waals surface area contributed by atoms with Crippen LogP contribution < -0.4 is 0 Å². The van der Waals surface area contributed by atoms with Crippen molar-refractivity contribution < 1.29 is 4.79 Å². The van der Waals surface area contributed by atoms with E-state index in [0.29, 0.717) is 21.2 Å². The normalized spacial score (nSPS) is 12.2. The van der Waals surface area contributed by atoms with E-state index in [1.54, 1.807) is 48.5 Å². The van der Waals surface area contributed by atoms with Gasteiger partial charge >= 0.3 is 0 Å².